The maximum atomic E-state index is 12.4. The first-order valence-electron chi connectivity index (χ1n) is 8.34. The predicted octanol–water partition coefficient (Wildman–Crippen LogP) is 2.23. The monoisotopic (exact) mass is 325 g/mol. The van der Waals surface area contributed by atoms with Gasteiger partial charge in [-0.25, -0.2) is 0 Å². The number of hydrogen-bond acceptors (Lipinski definition) is 4. The second-order valence-electron chi connectivity index (χ2n) is 5.98. The van der Waals surface area contributed by atoms with Crippen LogP contribution in [0.1, 0.15) is 15.9 Å². The van der Waals surface area contributed by atoms with Crippen LogP contribution < -0.4 is 4.74 Å². The number of aromatic nitrogens is 1. The van der Waals surface area contributed by atoms with E-state index in [0.29, 0.717) is 12.2 Å². The Morgan fingerprint density at radius 2 is 1.79 bits per heavy atom. The zero-order valence-electron chi connectivity index (χ0n) is 14.0. The van der Waals surface area contributed by atoms with Crippen molar-refractivity contribution in [1.29, 1.82) is 0 Å². The van der Waals surface area contributed by atoms with Crippen LogP contribution in [0.4, 0.5) is 0 Å². The lowest BCUT2D eigenvalue weighted by molar-refractivity contribution is 0.0620. The van der Waals surface area contributed by atoms with Crippen molar-refractivity contribution in [2.45, 2.75) is 6.92 Å². The van der Waals surface area contributed by atoms with E-state index in [4.69, 9.17) is 4.74 Å². The molecule has 0 N–H and O–H groups in total. The molecule has 3 rings (SSSR count). The van der Waals surface area contributed by atoms with E-state index in [-0.39, 0.29) is 5.91 Å². The number of hydrogen-bond donors (Lipinski definition) is 0. The Morgan fingerprint density at radius 3 is 2.50 bits per heavy atom. The first-order valence-corrected chi connectivity index (χ1v) is 8.34. The molecule has 126 valence electrons. The molecule has 1 amide bonds. The molecular formula is C19H23N3O2. The van der Waals surface area contributed by atoms with Gasteiger partial charge in [-0.05, 0) is 30.7 Å². The van der Waals surface area contributed by atoms with Crippen LogP contribution in [0.15, 0.2) is 48.8 Å². The molecule has 5 nitrogen and oxygen atoms in total. The molecule has 1 saturated heterocycles. The zero-order chi connectivity index (χ0) is 16.8. The van der Waals surface area contributed by atoms with Gasteiger partial charge in [-0.3, -0.25) is 14.7 Å². The van der Waals surface area contributed by atoms with Crippen LogP contribution in [0.25, 0.3) is 0 Å². The summed E-state index contributed by atoms with van der Waals surface area (Å²) >= 11 is 0. The summed E-state index contributed by atoms with van der Waals surface area (Å²) in [6.45, 7) is 6.88. The minimum atomic E-state index is 0.0909. The normalized spacial score (nSPS) is 15.3. The Bertz CT molecular complexity index is 667. The molecule has 2 aromatic rings. The quantitative estimate of drug-likeness (QED) is 0.846. The van der Waals surface area contributed by atoms with E-state index in [1.807, 2.05) is 23.1 Å². The fourth-order valence-electron chi connectivity index (χ4n) is 2.85. The van der Waals surface area contributed by atoms with Crippen molar-refractivity contribution < 1.29 is 9.53 Å². The van der Waals surface area contributed by atoms with E-state index in [1.165, 1.54) is 0 Å². The van der Waals surface area contributed by atoms with Crippen LogP contribution >= 0.6 is 0 Å². The van der Waals surface area contributed by atoms with Gasteiger partial charge in [0.25, 0.3) is 5.91 Å². The molecule has 1 aliphatic rings. The van der Waals surface area contributed by atoms with Crippen molar-refractivity contribution in [3.63, 3.8) is 0 Å². The number of aryl methyl sites for hydroxylation is 1. The molecule has 1 aliphatic heterocycles. The van der Waals surface area contributed by atoms with Gasteiger partial charge in [0, 0.05) is 50.7 Å². The van der Waals surface area contributed by atoms with Crippen molar-refractivity contribution in [1.82, 2.24) is 14.8 Å². The van der Waals surface area contributed by atoms with E-state index >= 15 is 0 Å². The van der Waals surface area contributed by atoms with E-state index in [1.54, 1.807) is 24.5 Å². The van der Waals surface area contributed by atoms with Crippen molar-refractivity contribution in [3.05, 3.63) is 59.9 Å². The van der Waals surface area contributed by atoms with Crippen LogP contribution in [0.5, 0.6) is 5.75 Å². The summed E-state index contributed by atoms with van der Waals surface area (Å²) < 4.78 is 5.85. The van der Waals surface area contributed by atoms with Gasteiger partial charge in [-0.2, -0.15) is 0 Å². The third kappa shape index (κ3) is 4.11. The highest BCUT2D eigenvalue weighted by Crippen LogP contribution is 2.16. The minimum absolute atomic E-state index is 0.0909. The smallest absolute Gasteiger partial charge is 0.254 e. The number of benzene rings is 1. The lowest BCUT2D eigenvalue weighted by Crippen LogP contribution is -2.49. The molecule has 0 radical (unpaired) electrons. The topological polar surface area (TPSA) is 45.7 Å². The van der Waals surface area contributed by atoms with E-state index in [2.05, 4.69) is 22.9 Å². The summed E-state index contributed by atoms with van der Waals surface area (Å²) in [7, 11) is 0. The Balaban J connectivity index is 1.42. The highest BCUT2D eigenvalue weighted by atomic mass is 16.5. The van der Waals surface area contributed by atoms with E-state index < -0.39 is 0 Å². The third-order valence-corrected chi connectivity index (χ3v) is 4.35. The Kier molecular flexibility index (Phi) is 5.43. The lowest BCUT2D eigenvalue weighted by atomic mass is 10.2. The molecule has 1 aromatic carbocycles. The summed E-state index contributed by atoms with van der Waals surface area (Å²) in [5.74, 6) is 1.04. The Labute approximate surface area is 142 Å². The van der Waals surface area contributed by atoms with Gasteiger partial charge < -0.3 is 9.64 Å². The average Bonchev–Trinajstić information content (AvgIpc) is 2.64. The van der Waals surface area contributed by atoms with Gasteiger partial charge in [0.15, 0.2) is 0 Å². The molecule has 2 heterocycles. The molecule has 0 spiro atoms. The number of rotatable bonds is 5. The minimum Gasteiger partial charge on any atom is -0.492 e. The maximum absolute atomic E-state index is 12.4. The first kappa shape index (κ1) is 16.5. The molecule has 24 heavy (non-hydrogen) atoms. The highest BCUT2D eigenvalue weighted by Gasteiger charge is 2.21. The number of ether oxygens (including phenoxy) is 1. The number of piperazine rings is 1. The second kappa shape index (κ2) is 7.93. The first-order chi connectivity index (χ1) is 11.7. The van der Waals surface area contributed by atoms with Crippen molar-refractivity contribution in [2.24, 2.45) is 0 Å². The number of carbonyl (C=O) groups excluding carboxylic acids is 1. The predicted molar refractivity (Wildman–Crippen MR) is 93.3 cm³/mol. The second-order valence-corrected chi connectivity index (χ2v) is 5.98. The Hall–Kier alpha value is -2.40. The zero-order valence-corrected chi connectivity index (χ0v) is 14.0. The van der Waals surface area contributed by atoms with Crippen LogP contribution in [0.3, 0.4) is 0 Å². The van der Waals surface area contributed by atoms with Crippen molar-refractivity contribution in [2.75, 3.05) is 39.3 Å². The third-order valence-electron chi connectivity index (χ3n) is 4.35. The molecule has 0 bridgehead atoms. The molecule has 0 saturated carbocycles. The molecule has 1 aromatic heterocycles. The van der Waals surface area contributed by atoms with E-state index in [9.17, 15) is 4.79 Å². The summed E-state index contributed by atoms with van der Waals surface area (Å²) in [6.07, 6.45) is 3.32. The number of para-hydroxylation sites is 1. The summed E-state index contributed by atoms with van der Waals surface area (Å²) in [6, 6.07) is 11.6. The highest BCUT2D eigenvalue weighted by molar-refractivity contribution is 5.94. The summed E-state index contributed by atoms with van der Waals surface area (Å²) in [5, 5.41) is 0. The van der Waals surface area contributed by atoms with Crippen LogP contribution in [0.2, 0.25) is 0 Å². The standard InChI is InChI=1S/C19H23N3O2/c1-16-4-2-3-5-18(16)24-15-14-21-10-12-22(13-11-21)19(23)17-6-8-20-9-7-17/h2-9H,10-15H2,1H3. The van der Waals surface area contributed by atoms with Crippen LogP contribution in [-0.2, 0) is 0 Å². The van der Waals surface area contributed by atoms with Gasteiger partial charge >= 0.3 is 0 Å². The largest absolute Gasteiger partial charge is 0.492 e. The average molecular weight is 325 g/mol. The maximum Gasteiger partial charge on any atom is 0.254 e. The van der Waals surface area contributed by atoms with E-state index in [0.717, 1.165) is 44.0 Å². The molecule has 1 fully saturated rings. The lowest BCUT2D eigenvalue weighted by Gasteiger charge is -2.34. The number of pyridine rings is 1. The molecule has 5 heteroatoms. The van der Waals surface area contributed by atoms with Crippen LogP contribution in [0, 0.1) is 6.92 Å². The number of carbonyl (C=O) groups is 1. The molecule has 0 aliphatic carbocycles. The van der Waals surface area contributed by atoms with Crippen molar-refractivity contribution in [3.8, 4) is 5.75 Å². The molecule has 0 unspecified atom stereocenters. The fraction of sp³-hybridized carbons (Fsp3) is 0.368. The molecule has 0 atom stereocenters. The molecular weight excluding hydrogens is 302 g/mol. The number of nitrogens with zero attached hydrogens (tertiary/aromatic N) is 3. The summed E-state index contributed by atoms with van der Waals surface area (Å²) in [4.78, 5) is 20.6. The van der Waals surface area contributed by atoms with Gasteiger partial charge in [-0.15, -0.1) is 0 Å². The summed E-state index contributed by atoms with van der Waals surface area (Å²) in [5.41, 5.74) is 1.87. The van der Waals surface area contributed by atoms with Gasteiger partial charge in [0.05, 0.1) is 0 Å². The van der Waals surface area contributed by atoms with Gasteiger partial charge in [0.2, 0.25) is 0 Å². The van der Waals surface area contributed by atoms with Gasteiger partial charge in [0.1, 0.15) is 12.4 Å². The fourth-order valence-corrected chi connectivity index (χ4v) is 2.85. The van der Waals surface area contributed by atoms with Gasteiger partial charge in [-0.1, -0.05) is 18.2 Å². The Morgan fingerprint density at radius 1 is 1.08 bits per heavy atom. The SMILES string of the molecule is Cc1ccccc1OCCN1CCN(C(=O)c2ccncc2)CC1. The number of amides is 1. The van der Waals surface area contributed by atoms with Crippen molar-refractivity contribution >= 4 is 5.91 Å². The van der Waals surface area contributed by atoms with Crippen LogP contribution in [-0.4, -0.2) is 60.0 Å².